The molecule has 1 saturated heterocycles. The molecule has 1 fully saturated rings. The van der Waals surface area contributed by atoms with E-state index in [1.54, 1.807) is 0 Å². The molecular formula is C11H10ClN3O3. The first-order valence-corrected chi connectivity index (χ1v) is 5.70. The fourth-order valence-electron chi connectivity index (χ4n) is 1.62. The predicted octanol–water partition coefficient (Wildman–Crippen LogP) is 0.270. The van der Waals surface area contributed by atoms with E-state index in [4.69, 9.17) is 11.6 Å². The molecule has 1 atom stereocenters. The zero-order valence-corrected chi connectivity index (χ0v) is 10.0. The van der Waals surface area contributed by atoms with Crippen LogP contribution in [0.2, 0.25) is 5.15 Å². The number of aromatic nitrogens is 1. The van der Waals surface area contributed by atoms with E-state index in [2.05, 4.69) is 15.6 Å². The smallest absolute Gasteiger partial charge is 0.252 e. The van der Waals surface area contributed by atoms with Gasteiger partial charge in [0.05, 0.1) is 0 Å². The van der Waals surface area contributed by atoms with Gasteiger partial charge in [-0.1, -0.05) is 11.6 Å². The Labute approximate surface area is 108 Å². The number of carbonyl (C=O) groups excluding carboxylic acids is 3. The summed E-state index contributed by atoms with van der Waals surface area (Å²) in [5.41, 5.74) is 0.319. The highest BCUT2D eigenvalue weighted by atomic mass is 35.5. The van der Waals surface area contributed by atoms with Gasteiger partial charge in [0.15, 0.2) is 0 Å². The van der Waals surface area contributed by atoms with E-state index in [9.17, 15) is 14.4 Å². The summed E-state index contributed by atoms with van der Waals surface area (Å²) in [6.45, 7) is 0. The summed E-state index contributed by atoms with van der Waals surface area (Å²) in [4.78, 5) is 38.0. The molecule has 1 aromatic heterocycles. The van der Waals surface area contributed by atoms with E-state index in [1.165, 1.54) is 18.3 Å². The molecule has 1 aliphatic heterocycles. The SMILES string of the molecule is O=C1CCC(NC(=O)c2ccnc(Cl)c2)C(=O)N1. The fourth-order valence-corrected chi connectivity index (χ4v) is 1.79. The normalized spacial score (nSPS) is 19.3. The van der Waals surface area contributed by atoms with Crippen LogP contribution in [0, 0.1) is 0 Å². The van der Waals surface area contributed by atoms with Gasteiger partial charge in [0.1, 0.15) is 11.2 Å². The minimum absolute atomic E-state index is 0.200. The minimum atomic E-state index is -0.692. The highest BCUT2D eigenvalue weighted by Crippen LogP contribution is 2.09. The molecule has 1 aromatic rings. The summed E-state index contributed by atoms with van der Waals surface area (Å²) in [5.74, 6) is -1.23. The molecule has 2 rings (SSSR count). The van der Waals surface area contributed by atoms with Gasteiger partial charge in [-0.25, -0.2) is 4.98 Å². The Kier molecular flexibility index (Phi) is 3.57. The van der Waals surface area contributed by atoms with Gasteiger partial charge in [0.2, 0.25) is 11.8 Å². The lowest BCUT2D eigenvalue weighted by Gasteiger charge is -2.21. The van der Waals surface area contributed by atoms with Gasteiger partial charge >= 0.3 is 0 Å². The van der Waals surface area contributed by atoms with Crippen molar-refractivity contribution in [2.75, 3.05) is 0 Å². The van der Waals surface area contributed by atoms with Crippen molar-refractivity contribution in [1.29, 1.82) is 0 Å². The van der Waals surface area contributed by atoms with Crippen LogP contribution in [-0.4, -0.2) is 28.7 Å². The molecule has 0 bridgehead atoms. The fraction of sp³-hybridized carbons (Fsp3) is 0.273. The van der Waals surface area contributed by atoms with Gasteiger partial charge in [0.25, 0.3) is 5.91 Å². The number of pyridine rings is 1. The molecule has 7 heteroatoms. The molecule has 0 saturated carbocycles. The van der Waals surface area contributed by atoms with Crippen molar-refractivity contribution in [1.82, 2.24) is 15.6 Å². The van der Waals surface area contributed by atoms with Gasteiger partial charge in [-0.05, 0) is 18.6 Å². The number of nitrogens with zero attached hydrogens (tertiary/aromatic N) is 1. The summed E-state index contributed by atoms with van der Waals surface area (Å²) in [7, 11) is 0. The Bertz CT molecular complexity index is 518. The number of carbonyl (C=O) groups is 3. The summed E-state index contributed by atoms with van der Waals surface area (Å²) in [5, 5.41) is 4.91. The molecule has 0 radical (unpaired) electrons. The molecule has 94 valence electrons. The van der Waals surface area contributed by atoms with Crippen molar-refractivity contribution >= 4 is 29.3 Å². The number of nitrogens with one attached hydrogen (secondary N) is 2. The van der Waals surface area contributed by atoms with Gasteiger partial charge in [-0.2, -0.15) is 0 Å². The van der Waals surface area contributed by atoms with Crippen LogP contribution in [0.1, 0.15) is 23.2 Å². The largest absolute Gasteiger partial charge is 0.340 e. The minimum Gasteiger partial charge on any atom is -0.340 e. The quantitative estimate of drug-likeness (QED) is 0.595. The molecule has 3 amide bonds. The second-order valence-corrected chi connectivity index (χ2v) is 4.23. The lowest BCUT2D eigenvalue weighted by atomic mass is 10.1. The van der Waals surface area contributed by atoms with Crippen LogP contribution in [0.25, 0.3) is 0 Å². The maximum atomic E-state index is 11.8. The number of halogens is 1. The van der Waals surface area contributed by atoms with Crippen LogP contribution in [-0.2, 0) is 9.59 Å². The summed E-state index contributed by atoms with van der Waals surface area (Å²) in [6, 6.07) is 2.21. The highest BCUT2D eigenvalue weighted by molar-refractivity contribution is 6.29. The summed E-state index contributed by atoms with van der Waals surface area (Å²) < 4.78 is 0. The Morgan fingerprint density at radius 3 is 2.94 bits per heavy atom. The maximum absolute atomic E-state index is 11.8. The number of hydrogen-bond donors (Lipinski definition) is 2. The molecule has 2 N–H and O–H groups in total. The lowest BCUT2D eigenvalue weighted by Crippen LogP contribution is -2.52. The lowest BCUT2D eigenvalue weighted by molar-refractivity contribution is -0.134. The van der Waals surface area contributed by atoms with Crippen LogP contribution in [0.5, 0.6) is 0 Å². The number of rotatable bonds is 2. The molecule has 18 heavy (non-hydrogen) atoms. The van der Waals surface area contributed by atoms with Crippen LogP contribution in [0.3, 0.4) is 0 Å². The zero-order valence-electron chi connectivity index (χ0n) is 9.27. The van der Waals surface area contributed by atoms with Crippen molar-refractivity contribution in [3.63, 3.8) is 0 Å². The Hall–Kier alpha value is -1.95. The maximum Gasteiger partial charge on any atom is 0.252 e. The predicted molar refractivity (Wildman–Crippen MR) is 62.9 cm³/mol. The van der Waals surface area contributed by atoms with Crippen LogP contribution in [0.15, 0.2) is 18.3 Å². The molecule has 0 aromatic carbocycles. The molecular weight excluding hydrogens is 258 g/mol. The van der Waals surface area contributed by atoms with E-state index in [0.29, 0.717) is 12.0 Å². The van der Waals surface area contributed by atoms with Crippen LogP contribution >= 0.6 is 11.6 Å². The zero-order chi connectivity index (χ0) is 13.1. The molecule has 6 nitrogen and oxygen atoms in total. The molecule has 1 aliphatic rings. The van der Waals surface area contributed by atoms with Crippen molar-refractivity contribution in [3.05, 3.63) is 29.0 Å². The molecule has 0 aliphatic carbocycles. The summed E-state index contributed by atoms with van der Waals surface area (Å²) in [6.07, 6.45) is 1.92. The first kappa shape index (κ1) is 12.5. The van der Waals surface area contributed by atoms with Crippen molar-refractivity contribution in [2.45, 2.75) is 18.9 Å². The van der Waals surface area contributed by atoms with E-state index in [-0.39, 0.29) is 17.5 Å². The third kappa shape index (κ3) is 2.84. The van der Waals surface area contributed by atoms with E-state index in [1.807, 2.05) is 0 Å². The third-order valence-corrected chi connectivity index (χ3v) is 2.74. The van der Waals surface area contributed by atoms with Crippen molar-refractivity contribution in [2.24, 2.45) is 0 Å². The van der Waals surface area contributed by atoms with E-state index in [0.717, 1.165) is 0 Å². The highest BCUT2D eigenvalue weighted by Gasteiger charge is 2.28. The van der Waals surface area contributed by atoms with Gasteiger partial charge < -0.3 is 5.32 Å². The van der Waals surface area contributed by atoms with E-state index < -0.39 is 17.9 Å². The third-order valence-electron chi connectivity index (χ3n) is 2.53. The van der Waals surface area contributed by atoms with Crippen molar-refractivity contribution < 1.29 is 14.4 Å². The second-order valence-electron chi connectivity index (χ2n) is 3.84. The number of amides is 3. The number of imide groups is 1. The van der Waals surface area contributed by atoms with E-state index >= 15 is 0 Å². The Morgan fingerprint density at radius 2 is 2.28 bits per heavy atom. The number of piperidine rings is 1. The van der Waals surface area contributed by atoms with Gasteiger partial charge in [0, 0.05) is 18.2 Å². The van der Waals surface area contributed by atoms with Gasteiger partial charge in [-0.15, -0.1) is 0 Å². The Morgan fingerprint density at radius 1 is 1.50 bits per heavy atom. The average Bonchev–Trinajstić information content (AvgIpc) is 2.32. The molecule has 0 spiro atoms. The van der Waals surface area contributed by atoms with Crippen molar-refractivity contribution in [3.8, 4) is 0 Å². The summed E-state index contributed by atoms with van der Waals surface area (Å²) >= 11 is 5.66. The molecule has 2 heterocycles. The Balaban J connectivity index is 2.03. The molecule has 1 unspecified atom stereocenters. The topological polar surface area (TPSA) is 88.2 Å². The average molecular weight is 268 g/mol. The van der Waals surface area contributed by atoms with Gasteiger partial charge in [-0.3, -0.25) is 19.7 Å². The van der Waals surface area contributed by atoms with Crippen LogP contribution < -0.4 is 10.6 Å². The van der Waals surface area contributed by atoms with Crippen LogP contribution in [0.4, 0.5) is 0 Å². The standard InChI is InChI=1S/C11H10ClN3O3/c12-8-5-6(3-4-13-8)10(17)14-7-1-2-9(16)15-11(7)18/h3-5,7H,1-2H2,(H,14,17)(H,15,16,18). The first-order valence-electron chi connectivity index (χ1n) is 5.32. The first-order chi connectivity index (χ1) is 8.56. The number of hydrogen-bond acceptors (Lipinski definition) is 4. The second kappa shape index (κ2) is 5.14. The monoisotopic (exact) mass is 267 g/mol.